The summed E-state index contributed by atoms with van der Waals surface area (Å²) in [4.78, 5) is 18.6. The van der Waals surface area contributed by atoms with Crippen molar-refractivity contribution >= 4 is 6.08 Å². The molecule has 19 heavy (non-hydrogen) atoms. The maximum absolute atomic E-state index is 9.99. The Hall–Kier alpha value is -0.700. The lowest BCUT2D eigenvalue weighted by molar-refractivity contribution is 0.105. The number of likely N-dealkylation sites (tertiary alicyclic amines) is 2. The second-order valence-corrected chi connectivity index (χ2v) is 6.15. The lowest BCUT2D eigenvalue weighted by Crippen LogP contribution is -2.40. The number of aliphatic imine (C=N–C) groups is 1. The van der Waals surface area contributed by atoms with Crippen LogP contribution in [-0.2, 0) is 4.79 Å². The van der Waals surface area contributed by atoms with Crippen LogP contribution in [0, 0.1) is 11.8 Å². The minimum absolute atomic E-state index is 0.637. The van der Waals surface area contributed by atoms with Gasteiger partial charge in [0.05, 0.1) is 6.54 Å². The molecule has 2 aliphatic heterocycles. The Morgan fingerprint density at radius 1 is 1.05 bits per heavy atom. The van der Waals surface area contributed by atoms with Crippen LogP contribution in [-0.4, -0.2) is 62.2 Å². The van der Waals surface area contributed by atoms with Crippen LogP contribution in [0.2, 0.25) is 0 Å². The fourth-order valence-corrected chi connectivity index (χ4v) is 3.57. The number of hydrogen-bond acceptors (Lipinski definition) is 4. The fourth-order valence-electron chi connectivity index (χ4n) is 3.57. The second-order valence-electron chi connectivity index (χ2n) is 6.15. The van der Waals surface area contributed by atoms with E-state index in [1.165, 1.54) is 51.9 Å². The molecular formula is C15H27N3O. The van der Waals surface area contributed by atoms with Gasteiger partial charge in [0.15, 0.2) is 0 Å². The van der Waals surface area contributed by atoms with Crippen LogP contribution in [0.15, 0.2) is 4.99 Å². The highest BCUT2D eigenvalue weighted by Gasteiger charge is 2.28. The van der Waals surface area contributed by atoms with Crippen molar-refractivity contribution in [1.82, 2.24) is 9.80 Å². The van der Waals surface area contributed by atoms with Crippen molar-refractivity contribution in [1.29, 1.82) is 0 Å². The van der Waals surface area contributed by atoms with Crippen molar-refractivity contribution < 1.29 is 4.79 Å². The van der Waals surface area contributed by atoms with Crippen LogP contribution in [0.5, 0.6) is 0 Å². The van der Waals surface area contributed by atoms with Gasteiger partial charge in [-0.2, -0.15) is 0 Å². The number of nitrogens with zero attached hydrogens (tertiary/aromatic N) is 3. The number of hydrogen-bond donors (Lipinski definition) is 0. The van der Waals surface area contributed by atoms with Gasteiger partial charge in [-0.05, 0) is 83.7 Å². The van der Waals surface area contributed by atoms with E-state index >= 15 is 0 Å². The molecule has 0 saturated carbocycles. The van der Waals surface area contributed by atoms with Gasteiger partial charge in [-0.3, -0.25) is 0 Å². The van der Waals surface area contributed by atoms with Crippen molar-refractivity contribution in [3.8, 4) is 0 Å². The third-order valence-corrected chi connectivity index (χ3v) is 4.87. The SMILES string of the molecule is CN1CCC(C2CCN(CCCN=C=O)CC2)CC1. The van der Waals surface area contributed by atoms with Gasteiger partial charge < -0.3 is 9.80 Å². The van der Waals surface area contributed by atoms with Gasteiger partial charge in [0, 0.05) is 0 Å². The Kier molecular flexibility index (Phi) is 6.02. The molecule has 2 fully saturated rings. The normalized spacial score (nSPS) is 24.3. The molecule has 4 nitrogen and oxygen atoms in total. The van der Waals surface area contributed by atoms with E-state index in [4.69, 9.17) is 0 Å². The molecule has 0 atom stereocenters. The van der Waals surface area contributed by atoms with Crippen molar-refractivity contribution in [2.45, 2.75) is 32.1 Å². The van der Waals surface area contributed by atoms with Crippen molar-refractivity contribution in [2.24, 2.45) is 16.8 Å². The quantitative estimate of drug-likeness (QED) is 0.432. The standard InChI is InChI=1S/C15H27N3O/c1-17-9-3-14(4-10-17)15-5-11-18(12-6-15)8-2-7-16-13-19/h14-15H,2-12H2,1H3. The van der Waals surface area contributed by atoms with Gasteiger partial charge in [-0.1, -0.05) is 0 Å². The summed E-state index contributed by atoms with van der Waals surface area (Å²) in [5.41, 5.74) is 0. The van der Waals surface area contributed by atoms with Crippen molar-refractivity contribution in [3.63, 3.8) is 0 Å². The molecule has 0 amide bonds. The van der Waals surface area contributed by atoms with Crippen LogP contribution >= 0.6 is 0 Å². The maximum atomic E-state index is 9.99. The molecule has 4 heteroatoms. The van der Waals surface area contributed by atoms with Crippen molar-refractivity contribution in [3.05, 3.63) is 0 Å². The smallest absolute Gasteiger partial charge is 0.234 e. The highest BCUT2D eigenvalue weighted by Crippen LogP contribution is 2.32. The zero-order valence-corrected chi connectivity index (χ0v) is 12.2. The monoisotopic (exact) mass is 265 g/mol. The van der Waals surface area contributed by atoms with Gasteiger partial charge in [-0.25, -0.2) is 9.79 Å². The first-order valence-electron chi connectivity index (χ1n) is 7.74. The lowest BCUT2D eigenvalue weighted by atomic mass is 9.79. The van der Waals surface area contributed by atoms with Crippen LogP contribution in [0.25, 0.3) is 0 Å². The Balaban J connectivity index is 1.63. The average molecular weight is 265 g/mol. The van der Waals surface area contributed by atoms with Crippen LogP contribution in [0.1, 0.15) is 32.1 Å². The van der Waals surface area contributed by atoms with Gasteiger partial charge in [0.25, 0.3) is 0 Å². The third-order valence-electron chi connectivity index (χ3n) is 4.87. The average Bonchev–Trinajstić information content (AvgIpc) is 2.45. The fraction of sp³-hybridized carbons (Fsp3) is 0.933. The summed E-state index contributed by atoms with van der Waals surface area (Å²) >= 11 is 0. The molecule has 2 heterocycles. The topological polar surface area (TPSA) is 35.9 Å². The van der Waals surface area contributed by atoms with E-state index in [0.29, 0.717) is 6.54 Å². The molecule has 0 unspecified atom stereocenters. The van der Waals surface area contributed by atoms with Crippen molar-refractivity contribution in [2.75, 3.05) is 46.3 Å². The molecule has 2 saturated heterocycles. The first-order valence-corrected chi connectivity index (χ1v) is 7.74. The molecule has 0 spiro atoms. The predicted octanol–water partition coefficient (Wildman–Crippen LogP) is 1.77. The van der Waals surface area contributed by atoms with Gasteiger partial charge in [0.2, 0.25) is 6.08 Å². The summed E-state index contributed by atoms with van der Waals surface area (Å²) in [6, 6.07) is 0. The summed E-state index contributed by atoms with van der Waals surface area (Å²) in [6.45, 7) is 6.77. The molecule has 0 aromatic heterocycles. The van der Waals surface area contributed by atoms with E-state index in [9.17, 15) is 4.79 Å². The summed E-state index contributed by atoms with van der Waals surface area (Å²) in [5, 5.41) is 0. The molecule has 0 aromatic rings. The number of rotatable bonds is 5. The van der Waals surface area contributed by atoms with E-state index in [1.54, 1.807) is 6.08 Å². The molecule has 0 radical (unpaired) electrons. The van der Waals surface area contributed by atoms with Gasteiger partial charge in [0.1, 0.15) is 0 Å². The molecule has 0 N–H and O–H groups in total. The summed E-state index contributed by atoms with van der Waals surface area (Å²) in [5.74, 6) is 1.93. The predicted molar refractivity (Wildman–Crippen MR) is 77.0 cm³/mol. The summed E-state index contributed by atoms with van der Waals surface area (Å²) < 4.78 is 0. The highest BCUT2D eigenvalue weighted by atomic mass is 16.1. The molecule has 0 bridgehead atoms. The minimum Gasteiger partial charge on any atom is -0.306 e. The number of piperidine rings is 2. The molecule has 0 aliphatic carbocycles. The molecule has 2 rings (SSSR count). The van der Waals surface area contributed by atoms with Crippen LogP contribution in [0.4, 0.5) is 0 Å². The molecule has 108 valence electrons. The zero-order chi connectivity index (χ0) is 13.5. The Bertz CT molecular complexity index is 299. The maximum Gasteiger partial charge on any atom is 0.234 e. The molecule has 2 aliphatic rings. The highest BCUT2D eigenvalue weighted by molar-refractivity contribution is 5.32. The summed E-state index contributed by atoms with van der Waals surface area (Å²) in [7, 11) is 2.24. The Morgan fingerprint density at radius 2 is 1.63 bits per heavy atom. The van der Waals surface area contributed by atoms with Gasteiger partial charge in [-0.15, -0.1) is 0 Å². The van der Waals surface area contributed by atoms with E-state index in [1.807, 2.05) is 0 Å². The zero-order valence-electron chi connectivity index (χ0n) is 12.2. The third kappa shape index (κ3) is 4.72. The van der Waals surface area contributed by atoms with Crippen LogP contribution < -0.4 is 0 Å². The van der Waals surface area contributed by atoms with Gasteiger partial charge >= 0.3 is 0 Å². The Labute approximate surface area is 116 Å². The van der Waals surface area contributed by atoms with E-state index in [0.717, 1.165) is 24.8 Å². The first kappa shape index (κ1) is 14.7. The van der Waals surface area contributed by atoms with E-state index in [2.05, 4.69) is 21.8 Å². The minimum atomic E-state index is 0.637. The van der Waals surface area contributed by atoms with E-state index in [-0.39, 0.29) is 0 Å². The lowest BCUT2D eigenvalue weighted by Gasteiger charge is -2.39. The molecule has 0 aromatic carbocycles. The molecular weight excluding hydrogens is 238 g/mol. The summed E-state index contributed by atoms with van der Waals surface area (Å²) in [6.07, 6.45) is 8.13. The van der Waals surface area contributed by atoms with E-state index < -0.39 is 0 Å². The number of isocyanates is 1. The first-order chi connectivity index (χ1) is 9.29. The largest absolute Gasteiger partial charge is 0.306 e. The van der Waals surface area contributed by atoms with Crippen LogP contribution in [0.3, 0.4) is 0 Å². The number of carbonyl (C=O) groups excluding carboxylic acids is 1. The second kappa shape index (κ2) is 7.78. The Morgan fingerprint density at radius 3 is 2.21 bits per heavy atom.